The molecule has 0 unspecified atom stereocenters. The van der Waals surface area contributed by atoms with E-state index in [0.717, 1.165) is 17.1 Å². The quantitative estimate of drug-likeness (QED) is 0.919. The lowest BCUT2D eigenvalue weighted by molar-refractivity contribution is 0.621. The molecule has 0 amide bonds. The van der Waals surface area contributed by atoms with E-state index >= 15 is 0 Å². The molecule has 1 heterocycles. The monoisotopic (exact) mass is 262 g/mol. The highest BCUT2D eigenvalue weighted by molar-refractivity contribution is 5.54. The van der Waals surface area contributed by atoms with Crippen molar-refractivity contribution in [2.24, 2.45) is 12.8 Å². The fourth-order valence-corrected chi connectivity index (χ4v) is 2.08. The smallest absolute Gasteiger partial charge is 0.127 e. The summed E-state index contributed by atoms with van der Waals surface area (Å²) in [5.74, 6) is 0.684. The number of anilines is 1. The van der Waals surface area contributed by atoms with Crippen molar-refractivity contribution in [2.45, 2.75) is 19.5 Å². The number of aryl methyl sites for hydroxylation is 1. The Hall–Kier alpha value is -1.88. The highest BCUT2D eigenvalue weighted by Crippen LogP contribution is 2.26. The van der Waals surface area contributed by atoms with Crippen LogP contribution < -0.4 is 10.6 Å². The molecule has 0 radical (unpaired) electrons. The van der Waals surface area contributed by atoms with Crippen LogP contribution in [-0.2, 0) is 13.6 Å². The molecule has 0 saturated heterocycles. The van der Waals surface area contributed by atoms with Gasteiger partial charge in [0.05, 0.1) is 6.54 Å². The number of nitrogens with zero attached hydrogens (tertiary/aromatic N) is 3. The van der Waals surface area contributed by atoms with Gasteiger partial charge in [0.1, 0.15) is 11.6 Å². The van der Waals surface area contributed by atoms with E-state index in [9.17, 15) is 4.39 Å². The number of rotatable bonds is 4. The Bertz CT molecular complexity index is 562. The van der Waals surface area contributed by atoms with Gasteiger partial charge in [0, 0.05) is 38.2 Å². The van der Waals surface area contributed by atoms with Gasteiger partial charge in [-0.1, -0.05) is 0 Å². The van der Waals surface area contributed by atoms with Crippen molar-refractivity contribution in [1.29, 1.82) is 0 Å². The zero-order valence-corrected chi connectivity index (χ0v) is 11.5. The summed E-state index contributed by atoms with van der Waals surface area (Å²) >= 11 is 0. The minimum atomic E-state index is -0.263. The summed E-state index contributed by atoms with van der Waals surface area (Å²) in [6, 6.07) is 4.50. The predicted molar refractivity (Wildman–Crippen MR) is 74.3 cm³/mol. The van der Waals surface area contributed by atoms with Crippen molar-refractivity contribution in [3.63, 3.8) is 0 Å². The fourth-order valence-electron chi connectivity index (χ4n) is 2.08. The molecule has 1 aromatic carbocycles. The minimum Gasteiger partial charge on any atom is -0.367 e. The maximum absolute atomic E-state index is 13.3. The van der Waals surface area contributed by atoms with E-state index in [2.05, 4.69) is 4.98 Å². The summed E-state index contributed by atoms with van der Waals surface area (Å²) in [6.07, 6.45) is 3.67. The van der Waals surface area contributed by atoms with Gasteiger partial charge in [-0.3, -0.25) is 0 Å². The summed E-state index contributed by atoms with van der Waals surface area (Å²) in [6.45, 7) is 2.50. The van der Waals surface area contributed by atoms with Gasteiger partial charge < -0.3 is 15.2 Å². The molecule has 5 heteroatoms. The summed E-state index contributed by atoms with van der Waals surface area (Å²) in [5, 5.41) is 0. The van der Waals surface area contributed by atoms with Crippen LogP contribution in [0, 0.1) is 5.82 Å². The molecular formula is C14H19FN4. The summed E-state index contributed by atoms with van der Waals surface area (Å²) in [5.41, 5.74) is 7.64. The number of imidazole rings is 1. The molecular weight excluding hydrogens is 243 g/mol. The van der Waals surface area contributed by atoms with Crippen LogP contribution in [0.1, 0.15) is 24.4 Å². The third-order valence-corrected chi connectivity index (χ3v) is 3.19. The Morgan fingerprint density at radius 2 is 2.21 bits per heavy atom. The van der Waals surface area contributed by atoms with Gasteiger partial charge in [0.15, 0.2) is 0 Å². The maximum atomic E-state index is 13.3. The van der Waals surface area contributed by atoms with Gasteiger partial charge in [0.25, 0.3) is 0 Å². The molecule has 0 spiro atoms. The molecule has 19 heavy (non-hydrogen) atoms. The van der Waals surface area contributed by atoms with E-state index in [1.54, 1.807) is 12.3 Å². The average Bonchev–Trinajstić information content (AvgIpc) is 2.74. The molecule has 1 aromatic heterocycles. The predicted octanol–water partition coefficient (Wildman–Crippen LogP) is 2.22. The van der Waals surface area contributed by atoms with E-state index in [1.807, 2.05) is 36.7 Å². The summed E-state index contributed by atoms with van der Waals surface area (Å²) in [7, 11) is 3.90. The summed E-state index contributed by atoms with van der Waals surface area (Å²) in [4.78, 5) is 6.32. The Kier molecular flexibility index (Phi) is 3.85. The molecule has 0 bridgehead atoms. The van der Waals surface area contributed by atoms with Crippen LogP contribution in [0.3, 0.4) is 0 Å². The van der Waals surface area contributed by atoms with Crippen molar-refractivity contribution in [3.05, 3.63) is 47.8 Å². The number of hydrogen-bond acceptors (Lipinski definition) is 3. The minimum absolute atomic E-state index is 0.213. The number of halogens is 1. The van der Waals surface area contributed by atoms with Crippen LogP contribution in [0.2, 0.25) is 0 Å². The van der Waals surface area contributed by atoms with Crippen LogP contribution >= 0.6 is 0 Å². The standard InChI is InChI=1S/C14H19FN4/c1-10(16)12-8-11(15)4-5-13(12)19(3)9-14-17-6-7-18(14)2/h4-8,10H,9,16H2,1-3H3/t10-/m0/s1. The second-order valence-corrected chi connectivity index (χ2v) is 4.80. The van der Waals surface area contributed by atoms with Crippen molar-refractivity contribution < 1.29 is 4.39 Å². The molecule has 0 fully saturated rings. The fraction of sp³-hybridized carbons (Fsp3) is 0.357. The zero-order chi connectivity index (χ0) is 14.0. The topological polar surface area (TPSA) is 47.1 Å². The van der Waals surface area contributed by atoms with E-state index < -0.39 is 0 Å². The number of nitrogens with two attached hydrogens (primary N) is 1. The van der Waals surface area contributed by atoms with Crippen molar-refractivity contribution >= 4 is 5.69 Å². The third kappa shape index (κ3) is 2.93. The third-order valence-electron chi connectivity index (χ3n) is 3.19. The first-order chi connectivity index (χ1) is 8.99. The SMILES string of the molecule is C[C@H](N)c1cc(F)ccc1N(C)Cc1nccn1C. The molecule has 1 atom stereocenters. The lowest BCUT2D eigenvalue weighted by Gasteiger charge is -2.23. The number of benzene rings is 1. The number of hydrogen-bond donors (Lipinski definition) is 1. The molecule has 4 nitrogen and oxygen atoms in total. The molecule has 0 aliphatic heterocycles. The highest BCUT2D eigenvalue weighted by atomic mass is 19.1. The normalized spacial score (nSPS) is 12.5. The Labute approximate surface area is 112 Å². The average molecular weight is 262 g/mol. The van der Waals surface area contributed by atoms with Gasteiger partial charge in [0.2, 0.25) is 0 Å². The van der Waals surface area contributed by atoms with Gasteiger partial charge in [-0.2, -0.15) is 0 Å². The first-order valence-corrected chi connectivity index (χ1v) is 6.21. The molecule has 2 rings (SSSR count). The van der Waals surface area contributed by atoms with Crippen molar-refractivity contribution in [2.75, 3.05) is 11.9 Å². The highest BCUT2D eigenvalue weighted by Gasteiger charge is 2.13. The second-order valence-electron chi connectivity index (χ2n) is 4.80. The lowest BCUT2D eigenvalue weighted by atomic mass is 10.1. The molecule has 0 aliphatic rings. The van der Waals surface area contributed by atoms with E-state index in [0.29, 0.717) is 6.54 Å². The van der Waals surface area contributed by atoms with Gasteiger partial charge >= 0.3 is 0 Å². The molecule has 0 aliphatic carbocycles. The van der Waals surface area contributed by atoms with Gasteiger partial charge in [-0.25, -0.2) is 9.37 Å². The lowest BCUT2D eigenvalue weighted by Crippen LogP contribution is -2.22. The number of aromatic nitrogens is 2. The van der Waals surface area contributed by atoms with E-state index in [1.165, 1.54) is 12.1 Å². The second kappa shape index (κ2) is 5.40. The maximum Gasteiger partial charge on any atom is 0.127 e. The largest absolute Gasteiger partial charge is 0.367 e. The first-order valence-electron chi connectivity index (χ1n) is 6.21. The Morgan fingerprint density at radius 3 is 2.79 bits per heavy atom. The van der Waals surface area contributed by atoms with Gasteiger partial charge in [-0.05, 0) is 30.7 Å². The van der Waals surface area contributed by atoms with Crippen molar-refractivity contribution in [3.8, 4) is 0 Å². The molecule has 102 valence electrons. The van der Waals surface area contributed by atoms with Crippen LogP contribution in [0.15, 0.2) is 30.6 Å². The van der Waals surface area contributed by atoms with Gasteiger partial charge in [-0.15, -0.1) is 0 Å². The molecule has 2 N–H and O–H groups in total. The van der Waals surface area contributed by atoms with E-state index in [4.69, 9.17) is 5.73 Å². The Morgan fingerprint density at radius 1 is 1.47 bits per heavy atom. The molecule has 0 saturated carbocycles. The Balaban J connectivity index is 2.28. The zero-order valence-electron chi connectivity index (χ0n) is 11.5. The van der Waals surface area contributed by atoms with Crippen LogP contribution in [0.4, 0.5) is 10.1 Å². The molecule has 2 aromatic rings. The van der Waals surface area contributed by atoms with Crippen LogP contribution in [0.25, 0.3) is 0 Å². The van der Waals surface area contributed by atoms with E-state index in [-0.39, 0.29) is 11.9 Å². The van der Waals surface area contributed by atoms with Crippen LogP contribution in [0.5, 0.6) is 0 Å². The summed E-state index contributed by atoms with van der Waals surface area (Å²) < 4.78 is 15.3. The first kappa shape index (κ1) is 13.5. The van der Waals surface area contributed by atoms with Crippen LogP contribution in [-0.4, -0.2) is 16.6 Å². The van der Waals surface area contributed by atoms with Crippen molar-refractivity contribution in [1.82, 2.24) is 9.55 Å².